The first-order valence-corrected chi connectivity index (χ1v) is 8.07. The zero-order valence-electron chi connectivity index (χ0n) is 11.4. The molecule has 0 amide bonds. The van der Waals surface area contributed by atoms with Crippen molar-refractivity contribution in [2.24, 2.45) is 5.73 Å². The van der Waals surface area contributed by atoms with Crippen molar-refractivity contribution in [2.45, 2.75) is 24.6 Å². The van der Waals surface area contributed by atoms with E-state index in [1.165, 1.54) is 6.26 Å². The van der Waals surface area contributed by atoms with Crippen LogP contribution in [0.15, 0.2) is 42.5 Å². The minimum atomic E-state index is -3.24. The maximum Gasteiger partial charge on any atom is 0.154 e. The lowest BCUT2D eigenvalue weighted by Crippen LogP contribution is -2.42. The summed E-state index contributed by atoms with van der Waals surface area (Å²) < 4.78 is 22.8. The Bertz CT molecular complexity index is 700. The van der Waals surface area contributed by atoms with E-state index < -0.39 is 20.6 Å². The van der Waals surface area contributed by atoms with Crippen molar-refractivity contribution in [1.82, 2.24) is 0 Å². The lowest BCUT2D eigenvalue weighted by Gasteiger charge is -2.30. The Kier molecular flexibility index (Phi) is 3.41. The van der Waals surface area contributed by atoms with E-state index in [-0.39, 0.29) is 0 Å². The summed E-state index contributed by atoms with van der Waals surface area (Å²) in [5.41, 5.74) is 7.11. The molecule has 0 spiro atoms. The molecule has 0 aliphatic heterocycles. The summed E-state index contributed by atoms with van der Waals surface area (Å²) >= 11 is 0. The minimum absolute atomic E-state index is 0.561. The van der Waals surface area contributed by atoms with Gasteiger partial charge in [0.15, 0.2) is 9.84 Å². The summed E-state index contributed by atoms with van der Waals surface area (Å²) in [6.07, 6.45) is 1.23. The molecule has 0 radical (unpaired) electrons. The molecular weight excluding hydrogens is 258 g/mol. The fourth-order valence-electron chi connectivity index (χ4n) is 2.13. The van der Waals surface area contributed by atoms with Gasteiger partial charge in [-0.15, -0.1) is 0 Å². The molecule has 1 unspecified atom stereocenters. The number of hydrogen-bond donors (Lipinski definition) is 1. The topological polar surface area (TPSA) is 60.2 Å². The molecule has 0 aliphatic carbocycles. The second-order valence-electron chi connectivity index (χ2n) is 5.42. The average molecular weight is 277 g/mol. The molecular formula is C15H19NO2S. The largest absolute Gasteiger partial charge is 0.323 e. The molecule has 0 heterocycles. The molecule has 0 bridgehead atoms. The lowest BCUT2D eigenvalue weighted by molar-refractivity contribution is 0.498. The highest BCUT2D eigenvalue weighted by atomic mass is 32.2. The van der Waals surface area contributed by atoms with Gasteiger partial charge in [-0.3, -0.25) is 0 Å². The van der Waals surface area contributed by atoms with Crippen LogP contribution in [0.1, 0.15) is 25.5 Å². The number of rotatable bonds is 3. The van der Waals surface area contributed by atoms with E-state index in [1.54, 1.807) is 13.8 Å². The van der Waals surface area contributed by atoms with E-state index in [4.69, 9.17) is 5.73 Å². The first-order valence-electron chi connectivity index (χ1n) is 6.18. The van der Waals surface area contributed by atoms with Gasteiger partial charge in [0.25, 0.3) is 0 Å². The second-order valence-corrected chi connectivity index (χ2v) is 8.02. The van der Waals surface area contributed by atoms with Gasteiger partial charge < -0.3 is 5.73 Å². The van der Waals surface area contributed by atoms with Crippen LogP contribution in [0, 0.1) is 0 Å². The standard InChI is InChI=1S/C15H19NO2S/c1-15(2,19(3,17)18)14(16)13-10-6-8-11-7-4-5-9-12(11)13/h4-10,14H,16H2,1-3H3. The highest BCUT2D eigenvalue weighted by molar-refractivity contribution is 7.92. The minimum Gasteiger partial charge on any atom is -0.323 e. The van der Waals surface area contributed by atoms with Gasteiger partial charge in [-0.2, -0.15) is 0 Å². The van der Waals surface area contributed by atoms with Crippen LogP contribution >= 0.6 is 0 Å². The number of hydrogen-bond acceptors (Lipinski definition) is 3. The van der Waals surface area contributed by atoms with Crippen LogP contribution in [-0.2, 0) is 9.84 Å². The summed E-state index contributed by atoms with van der Waals surface area (Å²) in [7, 11) is -3.24. The van der Waals surface area contributed by atoms with Crippen LogP contribution in [0.5, 0.6) is 0 Å². The van der Waals surface area contributed by atoms with Gasteiger partial charge in [0, 0.05) is 12.3 Å². The van der Waals surface area contributed by atoms with Crippen LogP contribution in [-0.4, -0.2) is 19.4 Å². The third-order valence-corrected chi connectivity index (χ3v) is 6.03. The van der Waals surface area contributed by atoms with Crippen molar-refractivity contribution < 1.29 is 8.42 Å². The predicted molar refractivity (Wildman–Crippen MR) is 79.8 cm³/mol. The SMILES string of the molecule is CC(C)(C(N)c1cccc2ccccc12)S(C)(=O)=O. The molecule has 3 nitrogen and oxygen atoms in total. The molecule has 0 saturated heterocycles. The fraction of sp³-hybridized carbons (Fsp3) is 0.333. The normalized spacial score (nSPS) is 14.5. The maximum absolute atomic E-state index is 11.9. The van der Waals surface area contributed by atoms with E-state index >= 15 is 0 Å². The Labute approximate surface area is 114 Å². The zero-order valence-corrected chi connectivity index (χ0v) is 12.2. The first-order chi connectivity index (χ1) is 8.75. The summed E-state index contributed by atoms with van der Waals surface area (Å²) in [5, 5.41) is 2.08. The number of nitrogens with two attached hydrogens (primary N) is 1. The molecule has 2 N–H and O–H groups in total. The number of sulfone groups is 1. The van der Waals surface area contributed by atoms with Crippen molar-refractivity contribution in [2.75, 3.05) is 6.26 Å². The average Bonchev–Trinajstić information content (AvgIpc) is 2.36. The van der Waals surface area contributed by atoms with Gasteiger partial charge in [-0.25, -0.2) is 8.42 Å². The Morgan fingerprint density at radius 3 is 2.26 bits per heavy atom. The predicted octanol–water partition coefficient (Wildman–Crippen LogP) is 2.66. The Balaban J connectivity index is 2.63. The zero-order chi connectivity index (χ0) is 14.3. The van der Waals surface area contributed by atoms with Gasteiger partial charge in [-0.1, -0.05) is 42.5 Å². The van der Waals surface area contributed by atoms with Crippen molar-refractivity contribution in [3.8, 4) is 0 Å². The van der Waals surface area contributed by atoms with Crippen LogP contribution < -0.4 is 5.73 Å². The molecule has 2 aromatic carbocycles. The summed E-state index contributed by atoms with van der Waals surface area (Å²) in [5.74, 6) is 0. The van der Waals surface area contributed by atoms with Crippen LogP contribution in [0.3, 0.4) is 0 Å². The van der Waals surface area contributed by atoms with Crippen LogP contribution in [0.2, 0.25) is 0 Å². The third-order valence-electron chi connectivity index (χ3n) is 3.86. The molecule has 2 aromatic rings. The molecule has 102 valence electrons. The van der Waals surface area contributed by atoms with Gasteiger partial charge in [0.05, 0.1) is 4.75 Å². The quantitative estimate of drug-likeness (QED) is 0.938. The third kappa shape index (κ3) is 2.38. The molecule has 0 aromatic heterocycles. The van der Waals surface area contributed by atoms with Crippen molar-refractivity contribution in [1.29, 1.82) is 0 Å². The summed E-state index contributed by atoms with van der Waals surface area (Å²) in [4.78, 5) is 0. The van der Waals surface area contributed by atoms with Gasteiger partial charge >= 0.3 is 0 Å². The van der Waals surface area contributed by atoms with E-state index in [1.807, 2.05) is 42.5 Å². The van der Waals surface area contributed by atoms with E-state index in [0.717, 1.165) is 16.3 Å². The number of benzene rings is 2. The highest BCUT2D eigenvalue weighted by Crippen LogP contribution is 2.33. The van der Waals surface area contributed by atoms with Crippen LogP contribution in [0.25, 0.3) is 10.8 Å². The Morgan fingerprint density at radius 1 is 1.05 bits per heavy atom. The summed E-state index contributed by atoms with van der Waals surface area (Å²) in [6.45, 7) is 3.35. The maximum atomic E-state index is 11.9. The van der Waals surface area contributed by atoms with Crippen LogP contribution in [0.4, 0.5) is 0 Å². The number of fused-ring (bicyclic) bond motifs is 1. The monoisotopic (exact) mass is 277 g/mol. The van der Waals surface area contributed by atoms with E-state index in [2.05, 4.69) is 0 Å². The lowest BCUT2D eigenvalue weighted by atomic mass is 9.92. The second kappa shape index (κ2) is 4.62. The molecule has 1 atom stereocenters. The van der Waals surface area contributed by atoms with Gasteiger partial charge in [0.1, 0.15) is 0 Å². The highest BCUT2D eigenvalue weighted by Gasteiger charge is 2.38. The Morgan fingerprint density at radius 2 is 1.63 bits per heavy atom. The molecule has 19 heavy (non-hydrogen) atoms. The summed E-state index contributed by atoms with van der Waals surface area (Å²) in [6, 6.07) is 13.1. The molecule has 2 rings (SSSR count). The molecule has 0 fully saturated rings. The molecule has 0 saturated carbocycles. The molecule has 4 heteroatoms. The first kappa shape index (κ1) is 14.0. The van der Waals surface area contributed by atoms with Crippen molar-refractivity contribution in [3.63, 3.8) is 0 Å². The smallest absolute Gasteiger partial charge is 0.154 e. The molecule has 0 aliphatic rings. The van der Waals surface area contributed by atoms with Crippen molar-refractivity contribution in [3.05, 3.63) is 48.0 Å². The van der Waals surface area contributed by atoms with Crippen molar-refractivity contribution >= 4 is 20.6 Å². The van der Waals surface area contributed by atoms with E-state index in [9.17, 15) is 8.42 Å². The van der Waals surface area contributed by atoms with Gasteiger partial charge in [-0.05, 0) is 30.2 Å². The Hall–Kier alpha value is -1.39. The van der Waals surface area contributed by atoms with Gasteiger partial charge in [0.2, 0.25) is 0 Å². The van der Waals surface area contributed by atoms with E-state index in [0.29, 0.717) is 0 Å². The fourth-order valence-corrected chi connectivity index (χ4v) is 2.72.